The quantitative estimate of drug-likeness (QED) is 0.742. The van der Waals surface area contributed by atoms with E-state index < -0.39 is 0 Å². The molecule has 2 aliphatic heterocycles. The van der Waals surface area contributed by atoms with E-state index in [1.165, 1.54) is 17.8 Å². The highest BCUT2D eigenvalue weighted by molar-refractivity contribution is 7.13. The number of rotatable bonds is 3. The van der Waals surface area contributed by atoms with Crippen LogP contribution in [0.1, 0.15) is 55.4 Å². The van der Waals surface area contributed by atoms with Crippen LogP contribution in [-0.4, -0.2) is 63.0 Å². The molecule has 3 aliphatic rings. The number of amides is 2. The molecule has 0 bridgehead atoms. The highest BCUT2D eigenvalue weighted by Gasteiger charge is 2.48. The fourth-order valence-corrected chi connectivity index (χ4v) is 5.73. The molecule has 2 saturated heterocycles. The van der Waals surface area contributed by atoms with E-state index in [0.29, 0.717) is 25.3 Å². The average molecular weight is 427 g/mol. The first-order chi connectivity index (χ1) is 14.6. The van der Waals surface area contributed by atoms with Crippen molar-refractivity contribution in [2.45, 2.75) is 56.6 Å². The molecule has 1 spiro atoms. The van der Waals surface area contributed by atoms with Gasteiger partial charge in [-0.1, -0.05) is 6.42 Å². The van der Waals surface area contributed by atoms with Crippen molar-refractivity contribution in [3.63, 3.8) is 0 Å². The van der Waals surface area contributed by atoms with E-state index in [-0.39, 0.29) is 23.6 Å². The number of carbonyl (C=O) groups excluding carboxylic acids is 2. The van der Waals surface area contributed by atoms with Gasteiger partial charge in [0.1, 0.15) is 16.3 Å². The zero-order chi connectivity index (χ0) is 20.6. The molecule has 1 saturated carbocycles. The lowest BCUT2D eigenvalue weighted by Crippen LogP contribution is -2.48. The van der Waals surface area contributed by atoms with Crippen molar-refractivity contribution >= 4 is 23.3 Å². The summed E-state index contributed by atoms with van der Waals surface area (Å²) >= 11 is 1.47. The fraction of sp³-hybridized carbons (Fsp3) is 0.545. The molecule has 5 rings (SSSR count). The van der Waals surface area contributed by atoms with Gasteiger partial charge in [0.25, 0.3) is 5.91 Å². The van der Waals surface area contributed by atoms with E-state index in [0.717, 1.165) is 49.1 Å². The van der Waals surface area contributed by atoms with Crippen molar-refractivity contribution in [3.05, 3.63) is 35.6 Å². The molecule has 0 unspecified atom stereocenters. The lowest BCUT2D eigenvalue weighted by atomic mass is 9.84. The summed E-state index contributed by atoms with van der Waals surface area (Å²) in [6.07, 6.45) is 10.4. The van der Waals surface area contributed by atoms with Crippen molar-refractivity contribution < 1.29 is 14.3 Å². The number of hydrogen-bond donors (Lipinski definition) is 0. The Kier molecular flexibility index (Phi) is 5.18. The third-order valence-corrected chi connectivity index (χ3v) is 7.50. The van der Waals surface area contributed by atoms with Crippen molar-refractivity contribution in [3.8, 4) is 10.6 Å². The molecule has 2 aromatic heterocycles. The Morgan fingerprint density at radius 1 is 1.13 bits per heavy atom. The molecule has 4 heterocycles. The van der Waals surface area contributed by atoms with Crippen LogP contribution in [0.4, 0.5) is 4.79 Å². The van der Waals surface area contributed by atoms with Crippen molar-refractivity contribution in [2.24, 2.45) is 0 Å². The number of nitrogens with zero attached hydrogens (tertiary/aromatic N) is 4. The Morgan fingerprint density at radius 2 is 1.87 bits per heavy atom. The summed E-state index contributed by atoms with van der Waals surface area (Å²) in [5.74, 6) is -0.0299. The van der Waals surface area contributed by atoms with E-state index in [2.05, 4.69) is 9.97 Å². The molecule has 3 fully saturated rings. The third-order valence-electron chi connectivity index (χ3n) is 6.60. The largest absolute Gasteiger partial charge is 0.441 e. The summed E-state index contributed by atoms with van der Waals surface area (Å²) in [6.45, 7) is 2.00. The first-order valence-electron chi connectivity index (χ1n) is 10.8. The Balaban J connectivity index is 1.20. The SMILES string of the molecule is O=C(c1csc(-c2ccncc2)n1)N1CCC(N2CC3(CCCCC3)OC2=O)CC1. The second-order valence-corrected chi connectivity index (χ2v) is 9.39. The molecule has 7 nitrogen and oxygen atoms in total. The second kappa shape index (κ2) is 7.98. The number of piperidine rings is 1. The monoisotopic (exact) mass is 426 g/mol. The molecule has 0 radical (unpaired) electrons. The average Bonchev–Trinajstić information content (AvgIpc) is 3.40. The van der Waals surface area contributed by atoms with E-state index in [1.54, 1.807) is 12.4 Å². The Hall–Kier alpha value is -2.48. The number of hydrogen-bond acceptors (Lipinski definition) is 6. The van der Waals surface area contributed by atoms with Crippen LogP contribution in [0.15, 0.2) is 29.9 Å². The van der Waals surface area contributed by atoms with Crippen LogP contribution >= 0.6 is 11.3 Å². The van der Waals surface area contributed by atoms with Crippen LogP contribution in [0.2, 0.25) is 0 Å². The minimum Gasteiger partial charge on any atom is -0.441 e. The van der Waals surface area contributed by atoms with Crippen LogP contribution in [0, 0.1) is 0 Å². The zero-order valence-electron chi connectivity index (χ0n) is 17.0. The topological polar surface area (TPSA) is 75.6 Å². The van der Waals surface area contributed by atoms with E-state index >= 15 is 0 Å². The van der Waals surface area contributed by atoms with Gasteiger partial charge in [-0.2, -0.15) is 0 Å². The van der Waals surface area contributed by atoms with Crippen molar-refractivity contribution in [1.29, 1.82) is 0 Å². The van der Waals surface area contributed by atoms with Gasteiger partial charge in [0.05, 0.1) is 6.54 Å². The summed E-state index contributed by atoms with van der Waals surface area (Å²) in [5.41, 5.74) is 1.20. The Morgan fingerprint density at radius 3 is 2.60 bits per heavy atom. The molecule has 2 amide bonds. The van der Waals surface area contributed by atoms with Gasteiger partial charge in [0.2, 0.25) is 0 Å². The third kappa shape index (κ3) is 3.69. The first kappa shape index (κ1) is 19.5. The lowest BCUT2D eigenvalue weighted by Gasteiger charge is -2.36. The highest BCUT2D eigenvalue weighted by Crippen LogP contribution is 2.38. The van der Waals surface area contributed by atoms with Crippen LogP contribution in [0.25, 0.3) is 10.6 Å². The fourth-order valence-electron chi connectivity index (χ4n) is 4.93. The number of aromatic nitrogens is 2. The van der Waals surface area contributed by atoms with Gasteiger partial charge in [-0.15, -0.1) is 11.3 Å². The molecule has 8 heteroatoms. The van der Waals surface area contributed by atoms with Gasteiger partial charge >= 0.3 is 6.09 Å². The summed E-state index contributed by atoms with van der Waals surface area (Å²) < 4.78 is 5.84. The van der Waals surface area contributed by atoms with Crippen LogP contribution < -0.4 is 0 Å². The van der Waals surface area contributed by atoms with Crippen LogP contribution in [0.5, 0.6) is 0 Å². The van der Waals surface area contributed by atoms with Gasteiger partial charge in [-0.3, -0.25) is 9.78 Å². The molecule has 0 atom stereocenters. The summed E-state index contributed by atoms with van der Waals surface area (Å²) in [4.78, 5) is 37.8. The van der Waals surface area contributed by atoms with Crippen LogP contribution in [-0.2, 0) is 4.74 Å². The summed E-state index contributed by atoms with van der Waals surface area (Å²) in [6, 6.07) is 3.95. The lowest BCUT2D eigenvalue weighted by molar-refractivity contribution is 0.0259. The van der Waals surface area contributed by atoms with Gasteiger partial charge in [0.15, 0.2) is 0 Å². The minimum absolute atomic E-state index is 0.0299. The van der Waals surface area contributed by atoms with Gasteiger partial charge in [-0.25, -0.2) is 9.78 Å². The van der Waals surface area contributed by atoms with Crippen molar-refractivity contribution in [2.75, 3.05) is 19.6 Å². The van der Waals surface area contributed by atoms with E-state index in [9.17, 15) is 9.59 Å². The second-order valence-electron chi connectivity index (χ2n) is 8.54. The molecular formula is C22H26N4O3S. The van der Waals surface area contributed by atoms with E-state index in [1.807, 2.05) is 27.3 Å². The molecule has 2 aromatic rings. The maximum atomic E-state index is 12.9. The normalized spacial score (nSPS) is 21.8. The van der Waals surface area contributed by atoms with E-state index in [4.69, 9.17) is 4.74 Å². The van der Waals surface area contributed by atoms with Gasteiger partial charge in [0, 0.05) is 42.5 Å². The minimum atomic E-state index is -0.258. The number of thiazole rings is 1. The number of pyridine rings is 1. The molecule has 0 aromatic carbocycles. The van der Waals surface area contributed by atoms with Gasteiger partial charge in [-0.05, 0) is 50.7 Å². The standard InChI is InChI=1S/C22H26N4O3S/c27-20(18-14-30-19(24-18)16-4-10-23-11-5-16)25-12-6-17(7-13-25)26-15-22(29-21(26)28)8-2-1-3-9-22/h4-5,10-11,14,17H,1-3,6-9,12-13,15H2. The van der Waals surface area contributed by atoms with Gasteiger partial charge < -0.3 is 14.5 Å². The summed E-state index contributed by atoms with van der Waals surface area (Å²) in [7, 11) is 0. The molecule has 30 heavy (non-hydrogen) atoms. The number of carbonyl (C=O) groups is 2. The molecule has 0 N–H and O–H groups in total. The maximum absolute atomic E-state index is 12.9. The molecular weight excluding hydrogens is 400 g/mol. The molecule has 1 aliphatic carbocycles. The number of ether oxygens (including phenoxy) is 1. The van der Waals surface area contributed by atoms with Crippen LogP contribution in [0.3, 0.4) is 0 Å². The predicted octanol–water partition coefficient (Wildman–Crippen LogP) is 3.96. The predicted molar refractivity (Wildman–Crippen MR) is 113 cm³/mol. The number of likely N-dealkylation sites (tertiary alicyclic amines) is 1. The highest BCUT2D eigenvalue weighted by atomic mass is 32.1. The Labute approximate surface area is 180 Å². The maximum Gasteiger partial charge on any atom is 0.410 e. The first-order valence-corrected chi connectivity index (χ1v) is 11.7. The summed E-state index contributed by atoms with van der Waals surface area (Å²) in [5, 5.41) is 2.66. The molecule has 158 valence electrons. The smallest absolute Gasteiger partial charge is 0.410 e. The Bertz CT molecular complexity index is 917. The van der Waals surface area contributed by atoms with Crippen molar-refractivity contribution in [1.82, 2.24) is 19.8 Å². The zero-order valence-corrected chi connectivity index (χ0v) is 17.8.